The normalized spacial score (nSPS) is 18.1. The van der Waals surface area contributed by atoms with Gasteiger partial charge in [0, 0.05) is 0 Å². The van der Waals surface area contributed by atoms with Crippen molar-refractivity contribution in [3.63, 3.8) is 0 Å². The van der Waals surface area contributed by atoms with Gasteiger partial charge in [0.25, 0.3) is 0 Å². The van der Waals surface area contributed by atoms with Crippen LogP contribution in [0.25, 0.3) is 0 Å². The van der Waals surface area contributed by atoms with Crippen molar-refractivity contribution >= 4 is 24.8 Å². The maximum Gasteiger partial charge on any atom is 0.0847 e. The molecule has 1 aliphatic rings. The third kappa shape index (κ3) is 1.49. The molecule has 0 amide bonds. The van der Waals surface area contributed by atoms with Crippen molar-refractivity contribution in [2.45, 2.75) is 0 Å². The minimum absolute atomic E-state index is 1.49. The Morgan fingerprint density at radius 2 is 2.57 bits per heavy atom. The molecule has 1 heterocycles. The molecule has 0 aliphatic carbocycles. The summed E-state index contributed by atoms with van der Waals surface area (Å²) in [6, 6.07) is 0. The van der Waals surface area contributed by atoms with Gasteiger partial charge >= 0.3 is 0 Å². The molecule has 3 heteroatoms. The quantitative estimate of drug-likeness (QED) is 0.392. The van der Waals surface area contributed by atoms with Gasteiger partial charge in [-0.25, -0.2) is 0 Å². The summed E-state index contributed by atoms with van der Waals surface area (Å²) in [7, 11) is 0. The molecule has 1 nitrogen and oxygen atoms in total. The minimum Gasteiger partial charge on any atom is -0.255 e. The molecule has 1 rings (SSSR count). The molecule has 0 spiro atoms. The molecular weight excluding hydrogens is 126 g/mol. The first-order valence-corrected chi connectivity index (χ1v) is 3.03. The molecule has 37 valence electrons. The van der Waals surface area contributed by atoms with Gasteiger partial charge in [0.15, 0.2) is 0 Å². The first kappa shape index (κ1) is 5.12. The summed E-state index contributed by atoms with van der Waals surface area (Å²) in [5.41, 5.74) is 0. The fourth-order valence-corrected chi connectivity index (χ4v) is 0.885. The van der Waals surface area contributed by atoms with Crippen LogP contribution >= 0.6 is 24.8 Å². The second kappa shape index (κ2) is 2.33. The topological polar surface area (TPSA) is 3.24 Å². The van der Waals surface area contributed by atoms with Crippen LogP contribution in [-0.4, -0.2) is 3.71 Å². The molecule has 1 aliphatic heterocycles. The van der Waals surface area contributed by atoms with Gasteiger partial charge in [0.2, 0.25) is 0 Å². The van der Waals surface area contributed by atoms with E-state index in [1.54, 1.807) is 3.71 Å². The molecule has 0 N–H and O–H groups in total. The van der Waals surface area contributed by atoms with E-state index in [9.17, 15) is 0 Å². The van der Waals surface area contributed by atoms with Crippen molar-refractivity contribution in [2.75, 3.05) is 0 Å². The van der Waals surface area contributed by atoms with Crippen LogP contribution in [0, 0.1) is 6.20 Å². The molecule has 0 saturated carbocycles. The van der Waals surface area contributed by atoms with Gasteiger partial charge in [-0.1, -0.05) is 18.9 Å². The molecule has 0 aromatic carbocycles. The highest BCUT2D eigenvalue weighted by atomic mass is 32.2. The second-order valence-electron chi connectivity index (χ2n) is 1.00. The van der Waals surface area contributed by atoms with E-state index < -0.39 is 0 Å². The van der Waals surface area contributed by atoms with Crippen LogP contribution in [0.15, 0.2) is 17.6 Å². The van der Waals surface area contributed by atoms with E-state index in [-0.39, 0.29) is 0 Å². The van der Waals surface area contributed by atoms with Crippen LogP contribution in [0.4, 0.5) is 0 Å². The summed E-state index contributed by atoms with van der Waals surface area (Å²) in [6.45, 7) is 0. The van der Waals surface area contributed by atoms with E-state index in [0.717, 1.165) is 0 Å². The fourth-order valence-electron chi connectivity index (χ4n) is 0.269. The number of allylic oxidation sites excluding steroid dienone is 2. The van der Waals surface area contributed by atoms with Gasteiger partial charge in [0.05, 0.1) is 6.20 Å². The van der Waals surface area contributed by atoms with Crippen LogP contribution in [0.1, 0.15) is 0 Å². The predicted molar refractivity (Wildman–Crippen MR) is 35.4 cm³/mol. The Kier molecular flexibility index (Phi) is 1.70. The van der Waals surface area contributed by atoms with Crippen LogP contribution in [0.3, 0.4) is 0 Å². The Balaban J connectivity index is 2.49. The summed E-state index contributed by atoms with van der Waals surface area (Å²) < 4.78 is 1.61. The van der Waals surface area contributed by atoms with Gasteiger partial charge in [-0.05, 0) is 23.4 Å². The highest BCUT2D eigenvalue weighted by Crippen LogP contribution is 2.16. The predicted octanol–water partition coefficient (Wildman–Crippen LogP) is 1.63. The first-order valence-electron chi connectivity index (χ1n) is 1.80. The van der Waals surface area contributed by atoms with Crippen molar-refractivity contribution < 1.29 is 0 Å². The molecule has 7 heavy (non-hydrogen) atoms. The van der Waals surface area contributed by atoms with Crippen LogP contribution < -0.4 is 0 Å². The molecule has 0 aromatic rings. The Morgan fingerprint density at radius 1 is 1.71 bits per heavy atom. The summed E-state index contributed by atoms with van der Waals surface area (Å²) in [6.07, 6.45) is 6.55. The Hall–Kier alpha value is -0.0200. The number of nitrogens with zero attached hydrogens (tertiary/aromatic N) is 1. The van der Waals surface area contributed by atoms with Crippen LogP contribution in [0.5, 0.6) is 0 Å². The lowest BCUT2D eigenvalue weighted by Gasteiger charge is -2.06. The van der Waals surface area contributed by atoms with E-state index in [2.05, 4.69) is 19.0 Å². The standard InChI is InChI=1S/C4H4NS2/c6-5-3-1-2-4-7-5/h1-2,4,6H. The van der Waals surface area contributed by atoms with Crippen LogP contribution in [0.2, 0.25) is 0 Å². The third-order valence-corrected chi connectivity index (χ3v) is 1.50. The molecule has 0 unspecified atom stereocenters. The summed E-state index contributed by atoms with van der Waals surface area (Å²) in [4.78, 5) is 0. The lowest BCUT2D eigenvalue weighted by molar-refractivity contribution is 1.01. The molecular formula is C4H4NS2. The Morgan fingerprint density at radius 3 is 2.86 bits per heavy atom. The van der Waals surface area contributed by atoms with E-state index in [1.807, 2.05) is 17.6 Å². The maximum absolute atomic E-state index is 3.96. The van der Waals surface area contributed by atoms with E-state index in [0.29, 0.717) is 0 Å². The molecule has 0 aromatic heterocycles. The van der Waals surface area contributed by atoms with E-state index in [4.69, 9.17) is 0 Å². The van der Waals surface area contributed by atoms with E-state index in [1.165, 1.54) is 11.9 Å². The van der Waals surface area contributed by atoms with Gasteiger partial charge in [-0.15, -0.1) is 0 Å². The molecule has 0 saturated heterocycles. The molecule has 1 radical (unpaired) electrons. The van der Waals surface area contributed by atoms with Gasteiger partial charge < -0.3 is 0 Å². The minimum atomic E-state index is 1.49. The van der Waals surface area contributed by atoms with Gasteiger partial charge in [-0.3, -0.25) is 3.71 Å². The number of rotatable bonds is 0. The molecule has 0 bridgehead atoms. The summed E-state index contributed by atoms with van der Waals surface area (Å²) >= 11 is 5.46. The van der Waals surface area contributed by atoms with Gasteiger partial charge in [-0.2, -0.15) is 0 Å². The van der Waals surface area contributed by atoms with Crippen LogP contribution in [-0.2, 0) is 0 Å². The van der Waals surface area contributed by atoms with Crippen molar-refractivity contribution in [1.82, 2.24) is 3.71 Å². The average Bonchev–Trinajstić information content (AvgIpc) is 1.69. The summed E-state index contributed by atoms with van der Waals surface area (Å²) in [5.74, 6) is 0. The van der Waals surface area contributed by atoms with E-state index >= 15 is 0 Å². The molecule has 0 atom stereocenters. The lowest BCUT2D eigenvalue weighted by atomic mass is 10.6. The fraction of sp³-hybridized carbons (Fsp3) is 0. The Bertz CT molecular complexity index is 108. The Labute approximate surface area is 52.8 Å². The average molecular weight is 130 g/mol. The molecule has 0 fully saturated rings. The SMILES string of the molecule is SN1[C]=CC=CS1. The highest BCUT2D eigenvalue weighted by Gasteiger charge is 1.90. The van der Waals surface area contributed by atoms with Gasteiger partial charge in [0.1, 0.15) is 0 Å². The largest absolute Gasteiger partial charge is 0.255 e. The van der Waals surface area contributed by atoms with Crippen molar-refractivity contribution in [3.05, 3.63) is 23.8 Å². The smallest absolute Gasteiger partial charge is 0.0847 e. The number of hydrogen-bond acceptors (Lipinski definition) is 3. The number of hydrogen-bond donors (Lipinski definition) is 1. The maximum atomic E-state index is 3.96. The lowest BCUT2D eigenvalue weighted by Crippen LogP contribution is -1.89. The zero-order valence-corrected chi connectivity index (χ0v) is 5.25. The van der Waals surface area contributed by atoms with Crippen molar-refractivity contribution in [1.29, 1.82) is 0 Å². The van der Waals surface area contributed by atoms with Crippen molar-refractivity contribution in [2.24, 2.45) is 0 Å². The monoisotopic (exact) mass is 130 g/mol. The first-order chi connectivity index (χ1) is 3.39. The zero-order valence-electron chi connectivity index (χ0n) is 3.53. The third-order valence-electron chi connectivity index (χ3n) is 0.520. The number of thiol groups is 1. The second-order valence-corrected chi connectivity index (χ2v) is 2.52. The van der Waals surface area contributed by atoms with Crippen molar-refractivity contribution in [3.8, 4) is 0 Å². The zero-order chi connectivity index (χ0) is 5.11. The highest BCUT2D eigenvalue weighted by molar-refractivity contribution is 8.07. The summed E-state index contributed by atoms with van der Waals surface area (Å²) in [5, 5.41) is 1.93.